The van der Waals surface area contributed by atoms with Crippen LogP contribution in [0.25, 0.3) is 0 Å². The second-order valence-electron chi connectivity index (χ2n) is 5.53. The molecule has 0 N–H and O–H groups in total. The Balaban J connectivity index is -0.00000242. The maximum Gasteiger partial charge on any atom is 1.00 e. The average molecular weight is 351 g/mol. The van der Waals surface area contributed by atoms with Gasteiger partial charge in [0.2, 0.25) is 0 Å². The van der Waals surface area contributed by atoms with Crippen LogP contribution >= 0.6 is 0 Å². The summed E-state index contributed by atoms with van der Waals surface area (Å²) in [4.78, 5) is 32.5. The largest absolute Gasteiger partial charge is 1.00 e. The number of rotatable bonds is 14. The first kappa shape index (κ1) is 25.9. The smallest absolute Gasteiger partial charge is 1.00 e. The number of hydrogen-bond acceptors (Lipinski definition) is 5. The van der Waals surface area contributed by atoms with Crippen molar-refractivity contribution in [1.82, 2.24) is 5.23 Å². The standard InChI is InChI=1S/C18H33NO4.Na.H/c1-4-7-8-9-10-11-12-13-14-15-16-19(22-17(20)5-2)23-18(21)6-3;;/h14-15H,4-13,16H2,1-3H3;;/q;+1;-1. The summed E-state index contributed by atoms with van der Waals surface area (Å²) in [5.74, 6) is -0.844. The zero-order valence-electron chi connectivity index (χ0n) is 17.0. The van der Waals surface area contributed by atoms with E-state index in [4.69, 9.17) is 9.68 Å². The second-order valence-corrected chi connectivity index (χ2v) is 5.53. The van der Waals surface area contributed by atoms with Crippen LogP contribution < -0.4 is 29.6 Å². The molecule has 136 valence electrons. The summed E-state index contributed by atoms with van der Waals surface area (Å²) in [6, 6.07) is 0. The van der Waals surface area contributed by atoms with Crippen LogP contribution in [-0.2, 0) is 19.3 Å². The van der Waals surface area contributed by atoms with Crippen molar-refractivity contribution in [2.75, 3.05) is 6.54 Å². The summed E-state index contributed by atoms with van der Waals surface area (Å²) in [5.41, 5.74) is 0. The number of carbonyl (C=O) groups is 2. The second kappa shape index (κ2) is 19.0. The topological polar surface area (TPSA) is 55.8 Å². The van der Waals surface area contributed by atoms with Crippen molar-refractivity contribution in [3.8, 4) is 0 Å². The van der Waals surface area contributed by atoms with Gasteiger partial charge in [0.1, 0.15) is 0 Å². The van der Waals surface area contributed by atoms with E-state index in [1.165, 1.54) is 38.5 Å². The Labute approximate surface area is 170 Å². The van der Waals surface area contributed by atoms with Crippen molar-refractivity contribution in [2.45, 2.75) is 85.0 Å². The summed E-state index contributed by atoms with van der Waals surface area (Å²) < 4.78 is 0. The quantitative estimate of drug-likeness (QED) is 0.207. The zero-order valence-corrected chi connectivity index (χ0v) is 18.0. The molecule has 0 fully saturated rings. The number of hydroxylamine groups is 2. The van der Waals surface area contributed by atoms with Gasteiger partial charge in [0.05, 0.1) is 6.54 Å². The molecule has 0 aliphatic heterocycles. The van der Waals surface area contributed by atoms with Gasteiger partial charge in [0.25, 0.3) is 0 Å². The molecule has 0 spiro atoms. The molecule has 0 amide bonds. The SMILES string of the molecule is CCCCCCCCCC=CCN(OC(=O)CC)OC(=O)CC.[H-].[Na+]. The van der Waals surface area contributed by atoms with Crippen LogP contribution in [0.15, 0.2) is 12.2 Å². The molecular weight excluding hydrogens is 317 g/mol. The van der Waals surface area contributed by atoms with Gasteiger partial charge in [0.15, 0.2) is 0 Å². The van der Waals surface area contributed by atoms with Crippen molar-refractivity contribution >= 4 is 11.9 Å². The fourth-order valence-corrected chi connectivity index (χ4v) is 1.95. The summed E-state index contributed by atoms with van der Waals surface area (Å²) in [7, 11) is 0. The van der Waals surface area contributed by atoms with Gasteiger partial charge >= 0.3 is 41.5 Å². The fourth-order valence-electron chi connectivity index (χ4n) is 1.95. The molecule has 0 bridgehead atoms. The Morgan fingerprint density at radius 1 is 0.833 bits per heavy atom. The molecule has 6 heteroatoms. The van der Waals surface area contributed by atoms with E-state index in [2.05, 4.69) is 6.92 Å². The Kier molecular flexibility index (Phi) is 20.5. The van der Waals surface area contributed by atoms with Crippen LogP contribution in [-0.4, -0.2) is 23.7 Å². The minimum Gasteiger partial charge on any atom is -1.00 e. The van der Waals surface area contributed by atoms with E-state index in [0.717, 1.165) is 18.1 Å². The van der Waals surface area contributed by atoms with E-state index in [-0.39, 0.29) is 50.4 Å². The summed E-state index contributed by atoms with van der Waals surface area (Å²) in [6.45, 7) is 5.87. The van der Waals surface area contributed by atoms with Crippen LogP contribution in [0, 0.1) is 0 Å². The molecule has 24 heavy (non-hydrogen) atoms. The minimum atomic E-state index is -0.422. The van der Waals surface area contributed by atoms with Crippen molar-refractivity contribution in [3.63, 3.8) is 0 Å². The van der Waals surface area contributed by atoms with Crippen molar-refractivity contribution in [1.29, 1.82) is 0 Å². The van der Waals surface area contributed by atoms with Gasteiger partial charge in [-0.3, -0.25) is 9.59 Å². The molecule has 0 unspecified atom stereocenters. The molecule has 0 aliphatic rings. The van der Waals surface area contributed by atoms with Crippen molar-refractivity contribution < 1.29 is 50.2 Å². The predicted octanol–water partition coefficient (Wildman–Crippen LogP) is 1.84. The Morgan fingerprint density at radius 2 is 1.33 bits per heavy atom. The van der Waals surface area contributed by atoms with Crippen LogP contribution in [0.2, 0.25) is 0 Å². The van der Waals surface area contributed by atoms with E-state index in [9.17, 15) is 9.59 Å². The summed E-state index contributed by atoms with van der Waals surface area (Å²) in [5, 5.41) is 0.957. The van der Waals surface area contributed by atoms with Gasteiger partial charge < -0.3 is 11.1 Å². The van der Waals surface area contributed by atoms with E-state index in [1.807, 2.05) is 12.2 Å². The molecule has 0 aromatic rings. The first-order chi connectivity index (χ1) is 11.1. The number of nitrogens with zero attached hydrogens (tertiary/aromatic N) is 1. The van der Waals surface area contributed by atoms with Gasteiger partial charge in [0, 0.05) is 18.1 Å². The van der Waals surface area contributed by atoms with E-state index in [0.29, 0.717) is 0 Å². The molecule has 0 rings (SSSR count). The maximum atomic E-state index is 11.3. The van der Waals surface area contributed by atoms with Crippen LogP contribution in [0.5, 0.6) is 0 Å². The monoisotopic (exact) mass is 351 g/mol. The van der Waals surface area contributed by atoms with Crippen LogP contribution in [0.3, 0.4) is 0 Å². The molecule has 0 aromatic carbocycles. The number of carbonyl (C=O) groups excluding carboxylic acids is 2. The molecule has 0 aromatic heterocycles. The molecule has 5 nitrogen and oxygen atoms in total. The summed E-state index contributed by atoms with van der Waals surface area (Å²) in [6.07, 6.45) is 14.4. The van der Waals surface area contributed by atoms with Gasteiger partial charge in [-0.05, 0) is 12.8 Å². The molecule has 0 saturated heterocycles. The maximum absolute atomic E-state index is 11.3. The third kappa shape index (κ3) is 16.5. The van der Waals surface area contributed by atoms with Gasteiger partial charge in [-0.1, -0.05) is 71.4 Å². The van der Waals surface area contributed by atoms with E-state index >= 15 is 0 Å². The molecular formula is C18H34NNaO4. The first-order valence-electron chi connectivity index (χ1n) is 8.98. The summed E-state index contributed by atoms with van der Waals surface area (Å²) >= 11 is 0. The third-order valence-corrected chi connectivity index (χ3v) is 3.38. The average Bonchev–Trinajstić information content (AvgIpc) is 2.55. The van der Waals surface area contributed by atoms with E-state index in [1.54, 1.807) is 13.8 Å². The van der Waals surface area contributed by atoms with Gasteiger partial charge in [-0.15, -0.1) is 0 Å². The van der Waals surface area contributed by atoms with Crippen LogP contribution in [0.1, 0.15) is 86.4 Å². The minimum absolute atomic E-state index is 0. The molecule has 0 heterocycles. The van der Waals surface area contributed by atoms with Crippen molar-refractivity contribution in [3.05, 3.63) is 12.2 Å². The molecule has 0 radical (unpaired) electrons. The first-order valence-corrected chi connectivity index (χ1v) is 8.98. The molecule has 0 saturated carbocycles. The van der Waals surface area contributed by atoms with Gasteiger partial charge in [-0.2, -0.15) is 0 Å². The zero-order chi connectivity index (χ0) is 17.3. The predicted molar refractivity (Wildman–Crippen MR) is 92.3 cm³/mol. The molecule has 0 atom stereocenters. The number of unbranched alkanes of at least 4 members (excludes halogenated alkanes) is 7. The van der Waals surface area contributed by atoms with Crippen LogP contribution in [0.4, 0.5) is 0 Å². The Bertz CT molecular complexity index is 336. The van der Waals surface area contributed by atoms with E-state index < -0.39 is 11.9 Å². The van der Waals surface area contributed by atoms with Gasteiger partial charge in [-0.25, -0.2) is 0 Å². The number of allylic oxidation sites excluding steroid dienone is 1. The normalized spacial score (nSPS) is 10.7. The third-order valence-electron chi connectivity index (χ3n) is 3.38. The Morgan fingerprint density at radius 3 is 1.83 bits per heavy atom. The number of hydrogen-bond donors (Lipinski definition) is 0. The molecule has 0 aliphatic carbocycles. The van der Waals surface area contributed by atoms with Crippen molar-refractivity contribution in [2.24, 2.45) is 0 Å². The Hall–Kier alpha value is -0.360. The fraction of sp³-hybridized carbons (Fsp3) is 0.778.